The first-order chi connectivity index (χ1) is 10.1. The zero-order valence-electron chi connectivity index (χ0n) is 11.2. The largest absolute Gasteiger partial charge is 0.385 e. The first-order valence-corrected chi connectivity index (χ1v) is 7.14. The van der Waals surface area contributed by atoms with E-state index >= 15 is 0 Å². The summed E-state index contributed by atoms with van der Waals surface area (Å²) in [4.78, 5) is 12.2. The predicted octanol–water partition coefficient (Wildman–Crippen LogP) is 4.09. The Hall–Kier alpha value is -2.07. The topological polar surface area (TPSA) is 41.1 Å². The van der Waals surface area contributed by atoms with Crippen LogP contribution in [-0.2, 0) is 6.42 Å². The third-order valence-electron chi connectivity index (χ3n) is 3.48. The summed E-state index contributed by atoms with van der Waals surface area (Å²) in [6, 6.07) is 9.53. The molecule has 1 aliphatic rings. The van der Waals surface area contributed by atoms with Gasteiger partial charge in [0.2, 0.25) is 0 Å². The molecule has 0 aromatic heterocycles. The third kappa shape index (κ3) is 3.00. The molecule has 0 saturated carbocycles. The molecule has 5 heteroatoms. The predicted molar refractivity (Wildman–Crippen MR) is 82.6 cm³/mol. The van der Waals surface area contributed by atoms with Crippen LogP contribution in [0.25, 0.3) is 0 Å². The number of halogens is 2. The zero-order valence-corrected chi connectivity index (χ0v) is 12.0. The van der Waals surface area contributed by atoms with Gasteiger partial charge in [0.15, 0.2) is 0 Å². The molecule has 2 aromatic carbocycles. The third-order valence-corrected chi connectivity index (χ3v) is 3.72. The van der Waals surface area contributed by atoms with Crippen LogP contribution in [0.3, 0.4) is 0 Å². The molecular weight excluding hydrogens is 291 g/mol. The maximum Gasteiger partial charge on any atom is 0.255 e. The van der Waals surface area contributed by atoms with Crippen LogP contribution in [0.2, 0.25) is 5.02 Å². The SMILES string of the molecule is O=C(Nc1cc(Cl)ccc1F)c1ccc2c(c1)CCCN2. The zero-order chi connectivity index (χ0) is 14.8. The number of rotatable bonds is 2. The van der Waals surface area contributed by atoms with Crippen molar-refractivity contribution in [1.29, 1.82) is 0 Å². The minimum absolute atomic E-state index is 0.0864. The number of carbonyl (C=O) groups is 1. The van der Waals surface area contributed by atoms with Crippen molar-refractivity contribution in [3.05, 3.63) is 58.4 Å². The second-order valence-corrected chi connectivity index (χ2v) is 5.42. The minimum Gasteiger partial charge on any atom is -0.385 e. The van der Waals surface area contributed by atoms with Gasteiger partial charge in [0, 0.05) is 22.8 Å². The quantitative estimate of drug-likeness (QED) is 0.877. The normalized spacial score (nSPS) is 13.2. The van der Waals surface area contributed by atoms with Crippen LogP contribution in [0.1, 0.15) is 22.3 Å². The highest BCUT2D eigenvalue weighted by atomic mass is 35.5. The van der Waals surface area contributed by atoms with Crippen LogP contribution in [0.15, 0.2) is 36.4 Å². The molecule has 3 nitrogen and oxygen atoms in total. The van der Waals surface area contributed by atoms with Gasteiger partial charge in [-0.25, -0.2) is 4.39 Å². The van der Waals surface area contributed by atoms with Crippen molar-refractivity contribution in [2.45, 2.75) is 12.8 Å². The van der Waals surface area contributed by atoms with Gasteiger partial charge in [0.05, 0.1) is 5.69 Å². The molecule has 108 valence electrons. The van der Waals surface area contributed by atoms with E-state index in [9.17, 15) is 9.18 Å². The van der Waals surface area contributed by atoms with Gasteiger partial charge in [0.25, 0.3) is 5.91 Å². The van der Waals surface area contributed by atoms with Gasteiger partial charge >= 0.3 is 0 Å². The van der Waals surface area contributed by atoms with E-state index in [2.05, 4.69) is 10.6 Å². The van der Waals surface area contributed by atoms with Crippen LogP contribution < -0.4 is 10.6 Å². The summed E-state index contributed by atoms with van der Waals surface area (Å²) in [6.45, 7) is 0.951. The molecule has 0 saturated heterocycles. The summed E-state index contributed by atoms with van der Waals surface area (Å²) in [6.07, 6.45) is 1.98. The lowest BCUT2D eigenvalue weighted by Gasteiger charge is -2.18. The van der Waals surface area contributed by atoms with E-state index in [1.54, 1.807) is 6.07 Å². The molecule has 1 heterocycles. The fraction of sp³-hybridized carbons (Fsp3) is 0.188. The number of hydrogen-bond donors (Lipinski definition) is 2. The molecule has 0 atom stereocenters. The molecular formula is C16H14ClFN2O. The van der Waals surface area contributed by atoms with Crippen molar-refractivity contribution in [2.75, 3.05) is 17.2 Å². The van der Waals surface area contributed by atoms with Crippen molar-refractivity contribution in [2.24, 2.45) is 0 Å². The number of hydrogen-bond acceptors (Lipinski definition) is 2. The number of fused-ring (bicyclic) bond motifs is 1. The Bertz CT molecular complexity index is 703. The summed E-state index contributed by atoms with van der Waals surface area (Å²) >= 11 is 5.81. The van der Waals surface area contributed by atoms with Crippen LogP contribution in [0, 0.1) is 5.82 Å². The van der Waals surface area contributed by atoms with Gasteiger partial charge in [-0.1, -0.05) is 11.6 Å². The molecule has 2 aromatic rings. The van der Waals surface area contributed by atoms with Crippen LogP contribution in [0.5, 0.6) is 0 Å². The van der Waals surface area contributed by atoms with Crippen LogP contribution in [0.4, 0.5) is 15.8 Å². The van der Waals surface area contributed by atoms with E-state index in [4.69, 9.17) is 11.6 Å². The minimum atomic E-state index is -0.507. The molecule has 1 amide bonds. The van der Waals surface area contributed by atoms with Gasteiger partial charge in [0.1, 0.15) is 5.82 Å². The van der Waals surface area contributed by atoms with E-state index in [1.165, 1.54) is 18.2 Å². The maximum absolute atomic E-state index is 13.6. The second kappa shape index (κ2) is 5.74. The fourth-order valence-corrected chi connectivity index (χ4v) is 2.58. The van der Waals surface area contributed by atoms with E-state index < -0.39 is 5.82 Å². The monoisotopic (exact) mass is 304 g/mol. The van der Waals surface area contributed by atoms with E-state index in [0.29, 0.717) is 10.6 Å². The van der Waals surface area contributed by atoms with Crippen molar-refractivity contribution >= 4 is 28.9 Å². The number of nitrogens with one attached hydrogen (secondary N) is 2. The number of amides is 1. The lowest BCUT2D eigenvalue weighted by molar-refractivity contribution is 0.102. The molecule has 2 N–H and O–H groups in total. The Morgan fingerprint density at radius 2 is 2.10 bits per heavy atom. The average molecular weight is 305 g/mol. The van der Waals surface area contributed by atoms with Gasteiger partial charge in [-0.2, -0.15) is 0 Å². The van der Waals surface area contributed by atoms with Gasteiger partial charge < -0.3 is 10.6 Å². The highest BCUT2D eigenvalue weighted by Crippen LogP contribution is 2.24. The number of anilines is 2. The molecule has 0 radical (unpaired) electrons. The summed E-state index contributed by atoms with van der Waals surface area (Å²) in [5.74, 6) is -0.850. The van der Waals surface area contributed by atoms with Gasteiger partial charge in [-0.05, 0) is 54.8 Å². The number of carbonyl (C=O) groups excluding carboxylic acids is 1. The summed E-state index contributed by atoms with van der Waals surface area (Å²) in [5.41, 5.74) is 2.77. The molecule has 1 aliphatic heterocycles. The Morgan fingerprint density at radius 3 is 2.95 bits per heavy atom. The molecule has 0 spiro atoms. The molecule has 0 bridgehead atoms. The Morgan fingerprint density at radius 1 is 1.24 bits per heavy atom. The highest BCUT2D eigenvalue weighted by Gasteiger charge is 2.14. The van der Waals surface area contributed by atoms with E-state index in [1.807, 2.05) is 12.1 Å². The van der Waals surface area contributed by atoms with Crippen molar-refractivity contribution < 1.29 is 9.18 Å². The van der Waals surface area contributed by atoms with Gasteiger partial charge in [-0.15, -0.1) is 0 Å². The summed E-state index contributed by atoms with van der Waals surface area (Å²) in [5, 5.41) is 6.22. The molecule has 21 heavy (non-hydrogen) atoms. The van der Waals surface area contributed by atoms with Crippen molar-refractivity contribution in [3.63, 3.8) is 0 Å². The highest BCUT2D eigenvalue weighted by molar-refractivity contribution is 6.31. The van der Waals surface area contributed by atoms with Gasteiger partial charge in [-0.3, -0.25) is 4.79 Å². The van der Waals surface area contributed by atoms with Crippen molar-refractivity contribution in [1.82, 2.24) is 0 Å². The molecule has 0 fully saturated rings. The number of benzene rings is 2. The standard InChI is InChI=1S/C16H14ClFN2O/c17-12-4-5-13(18)15(9-12)20-16(21)11-3-6-14-10(8-11)2-1-7-19-14/h3-6,8-9,19H,1-2,7H2,(H,20,21). The molecule has 0 unspecified atom stereocenters. The van der Waals surface area contributed by atoms with Crippen molar-refractivity contribution in [3.8, 4) is 0 Å². The Balaban J connectivity index is 1.83. The van der Waals surface area contributed by atoms with Crippen LogP contribution >= 0.6 is 11.6 Å². The summed E-state index contributed by atoms with van der Waals surface area (Å²) < 4.78 is 13.6. The first kappa shape index (κ1) is 13.9. The maximum atomic E-state index is 13.6. The average Bonchev–Trinajstić information content (AvgIpc) is 2.50. The van der Waals surface area contributed by atoms with Crippen LogP contribution in [-0.4, -0.2) is 12.5 Å². The van der Waals surface area contributed by atoms with E-state index in [-0.39, 0.29) is 11.6 Å². The summed E-state index contributed by atoms with van der Waals surface area (Å²) in [7, 11) is 0. The fourth-order valence-electron chi connectivity index (χ4n) is 2.40. The first-order valence-electron chi connectivity index (χ1n) is 6.77. The Kier molecular flexibility index (Phi) is 3.80. The molecule has 0 aliphatic carbocycles. The smallest absolute Gasteiger partial charge is 0.255 e. The lowest BCUT2D eigenvalue weighted by Crippen LogP contribution is -2.16. The second-order valence-electron chi connectivity index (χ2n) is 4.98. The Labute approximate surface area is 127 Å². The lowest BCUT2D eigenvalue weighted by atomic mass is 10.0. The van der Waals surface area contributed by atoms with E-state index in [0.717, 1.165) is 30.6 Å². The molecule has 3 rings (SSSR count). The number of aryl methyl sites for hydroxylation is 1.